The van der Waals surface area contributed by atoms with Gasteiger partial charge in [0, 0.05) is 19.1 Å². The van der Waals surface area contributed by atoms with Crippen LogP contribution in [0.1, 0.15) is 12.5 Å². The molecule has 1 aliphatic rings. The zero-order chi connectivity index (χ0) is 20.1. The summed E-state index contributed by atoms with van der Waals surface area (Å²) >= 11 is 0. The van der Waals surface area contributed by atoms with Crippen LogP contribution in [0.2, 0.25) is 0 Å². The van der Waals surface area contributed by atoms with Gasteiger partial charge >= 0.3 is 0 Å². The zero-order valence-electron chi connectivity index (χ0n) is 15.4. The van der Waals surface area contributed by atoms with E-state index in [1.807, 2.05) is 30.3 Å². The summed E-state index contributed by atoms with van der Waals surface area (Å²) in [5, 5.41) is 12.0. The highest BCUT2D eigenvalue weighted by Crippen LogP contribution is 2.24. The van der Waals surface area contributed by atoms with E-state index in [1.54, 1.807) is 24.5 Å². The predicted octanol–water partition coefficient (Wildman–Crippen LogP) is 1.12. The van der Waals surface area contributed by atoms with Crippen molar-refractivity contribution in [1.82, 2.24) is 15.1 Å². The van der Waals surface area contributed by atoms with Crippen LogP contribution in [0, 0.1) is 0 Å². The van der Waals surface area contributed by atoms with Crippen molar-refractivity contribution in [3.63, 3.8) is 0 Å². The van der Waals surface area contributed by atoms with E-state index < -0.39 is 28.0 Å². The van der Waals surface area contributed by atoms with Gasteiger partial charge < -0.3 is 10.1 Å². The van der Waals surface area contributed by atoms with Gasteiger partial charge in [0.25, 0.3) is 5.91 Å². The number of ether oxygens (including phenoxy) is 1. The standard InChI is InChI=1S/C19H23N3O5S/c1-14-18(19(23)21-24)22(12-11-20-14)28(25,26)17-9-7-16(8-10-17)27-13-15-5-3-2-4-6-15/h2-10,14,18,20,24H,11-13H2,1H3,(H,21,23). The lowest BCUT2D eigenvalue weighted by Crippen LogP contribution is -2.63. The molecule has 28 heavy (non-hydrogen) atoms. The van der Waals surface area contributed by atoms with Crippen molar-refractivity contribution in [3.8, 4) is 5.75 Å². The first-order valence-corrected chi connectivity index (χ1v) is 10.3. The lowest BCUT2D eigenvalue weighted by Gasteiger charge is -2.37. The quantitative estimate of drug-likeness (QED) is 0.491. The van der Waals surface area contributed by atoms with Crippen LogP contribution in [0.15, 0.2) is 59.5 Å². The van der Waals surface area contributed by atoms with E-state index >= 15 is 0 Å². The molecule has 0 radical (unpaired) electrons. The fourth-order valence-corrected chi connectivity index (χ4v) is 4.84. The van der Waals surface area contributed by atoms with E-state index in [9.17, 15) is 13.2 Å². The topological polar surface area (TPSA) is 108 Å². The van der Waals surface area contributed by atoms with Gasteiger partial charge in [-0.25, -0.2) is 13.9 Å². The maximum absolute atomic E-state index is 13.0. The molecule has 0 aromatic heterocycles. The molecule has 150 valence electrons. The van der Waals surface area contributed by atoms with E-state index in [4.69, 9.17) is 9.94 Å². The molecule has 0 saturated carbocycles. The van der Waals surface area contributed by atoms with Gasteiger partial charge in [0.15, 0.2) is 0 Å². The van der Waals surface area contributed by atoms with Gasteiger partial charge in [-0.3, -0.25) is 10.0 Å². The molecule has 1 fully saturated rings. The maximum Gasteiger partial charge on any atom is 0.263 e. The zero-order valence-corrected chi connectivity index (χ0v) is 16.2. The lowest BCUT2D eigenvalue weighted by atomic mass is 10.1. The molecular formula is C19H23N3O5S. The summed E-state index contributed by atoms with van der Waals surface area (Å²) in [6.45, 7) is 2.61. The Balaban J connectivity index is 1.76. The van der Waals surface area contributed by atoms with Crippen LogP contribution in [-0.2, 0) is 21.4 Å². The molecule has 1 aliphatic heterocycles. The van der Waals surface area contributed by atoms with Crippen LogP contribution < -0.4 is 15.5 Å². The molecule has 1 amide bonds. The minimum Gasteiger partial charge on any atom is -0.489 e. The monoisotopic (exact) mass is 405 g/mol. The van der Waals surface area contributed by atoms with Gasteiger partial charge in [-0.2, -0.15) is 4.31 Å². The van der Waals surface area contributed by atoms with Crippen molar-refractivity contribution in [2.75, 3.05) is 13.1 Å². The second kappa shape index (κ2) is 8.70. The Morgan fingerprint density at radius 1 is 1.21 bits per heavy atom. The number of hydroxylamine groups is 1. The third-order valence-corrected chi connectivity index (χ3v) is 6.53. The van der Waals surface area contributed by atoms with Gasteiger partial charge in [-0.05, 0) is 36.8 Å². The number of rotatable bonds is 6. The van der Waals surface area contributed by atoms with Crippen molar-refractivity contribution in [1.29, 1.82) is 0 Å². The molecule has 2 aromatic carbocycles. The van der Waals surface area contributed by atoms with Crippen LogP contribution in [-0.4, -0.2) is 49.0 Å². The minimum atomic E-state index is -3.92. The van der Waals surface area contributed by atoms with Crippen LogP contribution in [0.25, 0.3) is 0 Å². The third-order valence-electron chi connectivity index (χ3n) is 4.64. The Bertz CT molecular complexity index is 903. The van der Waals surface area contributed by atoms with Gasteiger partial charge in [0.1, 0.15) is 18.4 Å². The van der Waals surface area contributed by atoms with Crippen molar-refractivity contribution in [2.45, 2.75) is 30.5 Å². The van der Waals surface area contributed by atoms with E-state index in [1.165, 1.54) is 12.1 Å². The number of benzene rings is 2. The molecule has 1 heterocycles. The Morgan fingerprint density at radius 2 is 1.89 bits per heavy atom. The third kappa shape index (κ3) is 4.33. The number of piperazine rings is 1. The minimum absolute atomic E-state index is 0.0596. The number of amides is 1. The summed E-state index contributed by atoms with van der Waals surface area (Å²) in [5.74, 6) is -0.229. The molecule has 2 atom stereocenters. The number of carbonyl (C=O) groups is 1. The molecule has 2 unspecified atom stereocenters. The van der Waals surface area contributed by atoms with Crippen LogP contribution in [0.4, 0.5) is 0 Å². The van der Waals surface area contributed by atoms with E-state index in [0.717, 1.165) is 9.87 Å². The van der Waals surface area contributed by atoms with E-state index in [-0.39, 0.29) is 11.4 Å². The smallest absolute Gasteiger partial charge is 0.263 e. The number of hydrogen-bond donors (Lipinski definition) is 3. The largest absolute Gasteiger partial charge is 0.489 e. The van der Waals surface area contributed by atoms with Gasteiger partial charge in [-0.1, -0.05) is 30.3 Å². The molecular weight excluding hydrogens is 382 g/mol. The molecule has 8 nitrogen and oxygen atoms in total. The summed E-state index contributed by atoms with van der Waals surface area (Å²) in [6, 6.07) is 14.2. The fraction of sp³-hybridized carbons (Fsp3) is 0.316. The SMILES string of the molecule is CC1NCCN(S(=O)(=O)c2ccc(OCc3ccccc3)cc2)C1C(=O)NO. The molecule has 0 aliphatic carbocycles. The van der Waals surface area contributed by atoms with Crippen LogP contribution >= 0.6 is 0 Å². The summed E-state index contributed by atoms with van der Waals surface area (Å²) in [7, 11) is -3.92. The molecule has 3 rings (SSSR count). The number of hydrogen-bond acceptors (Lipinski definition) is 6. The number of nitrogens with one attached hydrogen (secondary N) is 2. The summed E-state index contributed by atoms with van der Waals surface area (Å²) in [6.07, 6.45) is 0. The summed E-state index contributed by atoms with van der Waals surface area (Å²) in [4.78, 5) is 12.1. The average Bonchev–Trinajstić information content (AvgIpc) is 2.72. The van der Waals surface area contributed by atoms with Gasteiger partial charge in [0.05, 0.1) is 4.90 Å². The Labute approximate surface area is 164 Å². The molecule has 9 heteroatoms. The maximum atomic E-state index is 13.0. The number of carbonyl (C=O) groups excluding carboxylic acids is 1. The molecule has 0 bridgehead atoms. The van der Waals surface area contributed by atoms with E-state index in [2.05, 4.69) is 5.32 Å². The van der Waals surface area contributed by atoms with Crippen molar-refractivity contribution in [3.05, 3.63) is 60.2 Å². The Morgan fingerprint density at radius 3 is 2.54 bits per heavy atom. The van der Waals surface area contributed by atoms with Gasteiger partial charge in [-0.15, -0.1) is 0 Å². The van der Waals surface area contributed by atoms with E-state index in [0.29, 0.717) is 18.9 Å². The molecule has 3 N–H and O–H groups in total. The first-order valence-electron chi connectivity index (χ1n) is 8.89. The number of sulfonamides is 1. The van der Waals surface area contributed by atoms with Crippen molar-refractivity contribution >= 4 is 15.9 Å². The first kappa shape index (κ1) is 20.3. The first-order chi connectivity index (χ1) is 13.4. The average molecular weight is 405 g/mol. The van der Waals surface area contributed by atoms with Crippen molar-refractivity contribution < 1.29 is 23.2 Å². The highest BCUT2D eigenvalue weighted by Gasteiger charge is 2.41. The number of nitrogens with zero attached hydrogens (tertiary/aromatic N) is 1. The van der Waals surface area contributed by atoms with Gasteiger partial charge in [0.2, 0.25) is 10.0 Å². The normalized spacial score (nSPS) is 20.5. The fourth-order valence-electron chi connectivity index (χ4n) is 3.18. The second-order valence-electron chi connectivity index (χ2n) is 6.53. The molecule has 0 spiro atoms. The highest BCUT2D eigenvalue weighted by atomic mass is 32.2. The Kier molecular flexibility index (Phi) is 6.30. The second-order valence-corrected chi connectivity index (χ2v) is 8.42. The van der Waals surface area contributed by atoms with Crippen LogP contribution in [0.5, 0.6) is 5.75 Å². The van der Waals surface area contributed by atoms with Crippen LogP contribution in [0.3, 0.4) is 0 Å². The molecule has 1 saturated heterocycles. The summed E-state index contributed by atoms with van der Waals surface area (Å²) in [5.41, 5.74) is 2.56. The molecule has 2 aromatic rings. The van der Waals surface area contributed by atoms with Crippen molar-refractivity contribution in [2.24, 2.45) is 0 Å². The highest BCUT2D eigenvalue weighted by molar-refractivity contribution is 7.89. The predicted molar refractivity (Wildman–Crippen MR) is 102 cm³/mol. The Hall–Kier alpha value is -2.46. The summed E-state index contributed by atoms with van der Waals surface area (Å²) < 4.78 is 32.9. The lowest BCUT2D eigenvalue weighted by molar-refractivity contribution is -0.134.